The second-order valence-electron chi connectivity index (χ2n) is 4.23. The van der Waals surface area contributed by atoms with Crippen LogP contribution in [0.4, 0.5) is 0 Å². The zero-order valence-electron chi connectivity index (χ0n) is 10.4. The van der Waals surface area contributed by atoms with Gasteiger partial charge in [-0.25, -0.2) is 0 Å². The molecule has 0 bridgehead atoms. The SMILES string of the molecule is C[C@H](NC(=O)c1ccc(Br)cc1Br)c1ccccc1. The van der Waals surface area contributed by atoms with Gasteiger partial charge in [-0.15, -0.1) is 0 Å². The summed E-state index contributed by atoms with van der Waals surface area (Å²) in [4.78, 5) is 12.2. The zero-order valence-corrected chi connectivity index (χ0v) is 13.5. The Labute approximate surface area is 129 Å². The van der Waals surface area contributed by atoms with Crippen molar-refractivity contribution in [1.82, 2.24) is 5.32 Å². The van der Waals surface area contributed by atoms with Crippen LogP contribution in [0.15, 0.2) is 57.5 Å². The van der Waals surface area contributed by atoms with Crippen LogP contribution in [-0.4, -0.2) is 5.91 Å². The Morgan fingerprint density at radius 1 is 1.11 bits per heavy atom. The number of nitrogens with one attached hydrogen (secondary N) is 1. The van der Waals surface area contributed by atoms with Crippen LogP contribution in [0.2, 0.25) is 0 Å². The van der Waals surface area contributed by atoms with Gasteiger partial charge in [0.1, 0.15) is 0 Å². The summed E-state index contributed by atoms with van der Waals surface area (Å²) >= 11 is 6.77. The molecule has 0 spiro atoms. The topological polar surface area (TPSA) is 29.1 Å². The molecule has 4 heteroatoms. The van der Waals surface area contributed by atoms with Crippen LogP contribution < -0.4 is 5.32 Å². The van der Waals surface area contributed by atoms with E-state index in [9.17, 15) is 4.79 Å². The van der Waals surface area contributed by atoms with Crippen molar-refractivity contribution in [2.24, 2.45) is 0 Å². The minimum absolute atomic E-state index is 0.0238. The Morgan fingerprint density at radius 2 is 1.79 bits per heavy atom. The van der Waals surface area contributed by atoms with Crippen molar-refractivity contribution < 1.29 is 4.79 Å². The number of hydrogen-bond donors (Lipinski definition) is 1. The van der Waals surface area contributed by atoms with E-state index in [1.165, 1.54) is 0 Å². The van der Waals surface area contributed by atoms with Gasteiger partial charge in [0.25, 0.3) is 5.91 Å². The molecule has 1 N–H and O–H groups in total. The number of amides is 1. The van der Waals surface area contributed by atoms with Crippen molar-refractivity contribution in [1.29, 1.82) is 0 Å². The highest BCUT2D eigenvalue weighted by Crippen LogP contribution is 2.22. The summed E-state index contributed by atoms with van der Waals surface area (Å²) in [6.07, 6.45) is 0. The molecule has 19 heavy (non-hydrogen) atoms. The molecule has 0 saturated heterocycles. The van der Waals surface area contributed by atoms with Crippen molar-refractivity contribution >= 4 is 37.8 Å². The van der Waals surface area contributed by atoms with Crippen molar-refractivity contribution in [2.75, 3.05) is 0 Å². The molecule has 0 fully saturated rings. The Bertz CT molecular complexity index is 584. The van der Waals surface area contributed by atoms with Crippen LogP contribution in [0.5, 0.6) is 0 Å². The second kappa shape index (κ2) is 6.35. The van der Waals surface area contributed by atoms with E-state index in [2.05, 4.69) is 37.2 Å². The molecular weight excluding hydrogens is 370 g/mol. The molecular formula is C15H13Br2NO. The lowest BCUT2D eigenvalue weighted by molar-refractivity contribution is 0.0939. The lowest BCUT2D eigenvalue weighted by Gasteiger charge is -2.15. The molecule has 2 rings (SSSR count). The van der Waals surface area contributed by atoms with E-state index in [0.29, 0.717) is 5.56 Å². The van der Waals surface area contributed by atoms with Gasteiger partial charge in [0.05, 0.1) is 11.6 Å². The molecule has 1 atom stereocenters. The number of halogens is 2. The first-order valence-electron chi connectivity index (χ1n) is 5.89. The maximum absolute atomic E-state index is 12.2. The Balaban J connectivity index is 2.13. The number of benzene rings is 2. The van der Waals surface area contributed by atoms with Crippen LogP contribution in [-0.2, 0) is 0 Å². The minimum Gasteiger partial charge on any atom is -0.345 e. The lowest BCUT2D eigenvalue weighted by Crippen LogP contribution is -2.26. The summed E-state index contributed by atoms with van der Waals surface area (Å²) in [5, 5.41) is 2.99. The van der Waals surface area contributed by atoms with Gasteiger partial charge < -0.3 is 5.32 Å². The van der Waals surface area contributed by atoms with Gasteiger partial charge in [0.15, 0.2) is 0 Å². The van der Waals surface area contributed by atoms with Crippen molar-refractivity contribution in [3.05, 3.63) is 68.6 Å². The van der Waals surface area contributed by atoms with Crippen LogP contribution in [0.3, 0.4) is 0 Å². The molecule has 0 aliphatic carbocycles. The average molecular weight is 383 g/mol. The predicted molar refractivity (Wildman–Crippen MR) is 84.2 cm³/mol. The zero-order chi connectivity index (χ0) is 13.8. The first-order valence-corrected chi connectivity index (χ1v) is 7.47. The number of carbonyl (C=O) groups excluding carboxylic acids is 1. The van der Waals surface area contributed by atoms with E-state index in [0.717, 1.165) is 14.5 Å². The summed E-state index contributed by atoms with van der Waals surface area (Å²) in [5.74, 6) is -0.0873. The van der Waals surface area contributed by atoms with Crippen LogP contribution >= 0.6 is 31.9 Å². The molecule has 2 aromatic carbocycles. The maximum Gasteiger partial charge on any atom is 0.252 e. The molecule has 0 radical (unpaired) electrons. The predicted octanol–water partition coefficient (Wildman–Crippen LogP) is 4.70. The van der Waals surface area contributed by atoms with Crippen LogP contribution in [0.1, 0.15) is 28.9 Å². The van der Waals surface area contributed by atoms with E-state index in [-0.39, 0.29) is 11.9 Å². The standard InChI is InChI=1S/C15H13Br2NO/c1-10(11-5-3-2-4-6-11)18-15(19)13-8-7-12(16)9-14(13)17/h2-10H,1H3,(H,18,19)/t10-/m0/s1. The summed E-state index contributed by atoms with van der Waals surface area (Å²) in [5.41, 5.74) is 1.72. The highest BCUT2D eigenvalue weighted by molar-refractivity contribution is 9.11. The van der Waals surface area contributed by atoms with E-state index in [1.807, 2.05) is 49.4 Å². The molecule has 0 heterocycles. The van der Waals surface area contributed by atoms with Gasteiger partial charge in [-0.2, -0.15) is 0 Å². The molecule has 2 aromatic rings. The van der Waals surface area contributed by atoms with Crippen molar-refractivity contribution in [3.63, 3.8) is 0 Å². The molecule has 0 aromatic heterocycles. The second-order valence-corrected chi connectivity index (χ2v) is 6.00. The molecule has 2 nitrogen and oxygen atoms in total. The summed E-state index contributed by atoms with van der Waals surface area (Å²) in [6, 6.07) is 15.4. The van der Waals surface area contributed by atoms with Crippen LogP contribution in [0.25, 0.3) is 0 Å². The quantitative estimate of drug-likeness (QED) is 0.818. The number of hydrogen-bond acceptors (Lipinski definition) is 1. The lowest BCUT2D eigenvalue weighted by atomic mass is 10.1. The first kappa shape index (κ1) is 14.3. The highest BCUT2D eigenvalue weighted by atomic mass is 79.9. The fourth-order valence-corrected chi connectivity index (χ4v) is 3.00. The van der Waals surface area contributed by atoms with Gasteiger partial charge in [-0.1, -0.05) is 46.3 Å². The number of carbonyl (C=O) groups is 1. The van der Waals surface area contributed by atoms with E-state index in [4.69, 9.17) is 0 Å². The minimum atomic E-state index is -0.0873. The molecule has 0 unspecified atom stereocenters. The third-order valence-electron chi connectivity index (χ3n) is 2.82. The average Bonchev–Trinajstić information content (AvgIpc) is 2.39. The third kappa shape index (κ3) is 3.67. The molecule has 98 valence electrons. The molecule has 0 saturated carbocycles. The smallest absolute Gasteiger partial charge is 0.252 e. The molecule has 0 aliphatic rings. The highest BCUT2D eigenvalue weighted by Gasteiger charge is 2.13. The van der Waals surface area contributed by atoms with Crippen molar-refractivity contribution in [3.8, 4) is 0 Å². The maximum atomic E-state index is 12.2. The van der Waals surface area contributed by atoms with E-state index in [1.54, 1.807) is 6.07 Å². The Kier molecular flexibility index (Phi) is 4.77. The molecule has 0 aliphatic heterocycles. The van der Waals surface area contributed by atoms with Gasteiger partial charge in [0.2, 0.25) is 0 Å². The van der Waals surface area contributed by atoms with E-state index < -0.39 is 0 Å². The Hall–Kier alpha value is -1.13. The van der Waals surface area contributed by atoms with Gasteiger partial charge in [-0.3, -0.25) is 4.79 Å². The summed E-state index contributed by atoms with van der Waals surface area (Å²) in [6.45, 7) is 1.97. The third-order valence-corrected chi connectivity index (χ3v) is 3.97. The fraction of sp³-hybridized carbons (Fsp3) is 0.133. The normalized spacial score (nSPS) is 11.9. The largest absolute Gasteiger partial charge is 0.345 e. The Morgan fingerprint density at radius 3 is 2.42 bits per heavy atom. The summed E-state index contributed by atoms with van der Waals surface area (Å²) in [7, 11) is 0. The van der Waals surface area contributed by atoms with Gasteiger partial charge >= 0.3 is 0 Å². The number of rotatable bonds is 3. The fourth-order valence-electron chi connectivity index (χ4n) is 1.77. The summed E-state index contributed by atoms with van der Waals surface area (Å²) < 4.78 is 1.71. The van der Waals surface area contributed by atoms with Crippen LogP contribution in [0, 0.1) is 0 Å². The van der Waals surface area contributed by atoms with Gasteiger partial charge in [-0.05, 0) is 46.6 Å². The van der Waals surface area contributed by atoms with Crippen molar-refractivity contribution in [2.45, 2.75) is 13.0 Å². The first-order chi connectivity index (χ1) is 9.08. The molecule has 1 amide bonds. The van der Waals surface area contributed by atoms with Gasteiger partial charge in [0, 0.05) is 8.95 Å². The monoisotopic (exact) mass is 381 g/mol. The van der Waals surface area contributed by atoms with E-state index >= 15 is 0 Å².